The highest BCUT2D eigenvalue weighted by Gasteiger charge is 2.45. The van der Waals surface area contributed by atoms with Crippen molar-refractivity contribution in [1.82, 2.24) is 34.6 Å². The van der Waals surface area contributed by atoms with E-state index in [0.29, 0.717) is 30.7 Å². The maximum Gasteiger partial charge on any atom is 0.410 e. The van der Waals surface area contributed by atoms with Crippen LogP contribution in [0.2, 0.25) is 0 Å². The highest BCUT2D eigenvalue weighted by molar-refractivity contribution is 5.82. The number of aromatic nitrogens is 4. The molecule has 0 bridgehead atoms. The summed E-state index contributed by atoms with van der Waals surface area (Å²) in [7, 11) is 0. The molecule has 51 heavy (non-hydrogen) atoms. The Morgan fingerprint density at radius 2 is 1.65 bits per heavy atom. The van der Waals surface area contributed by atoms with E-state index in [9.17, 15) is 24.6 Å². The summed E-state index contributed by atoms with van der Waals surface area (Å²) >= 11 is 0. The lowest BCUT2D eigenvalue weighted by atomic mass is 10.1. The van der Waals surface area contributed by atoms with Crippen LogP contribution < -0.4 is 11.1 Å². The fraction of sp³-hybridized carbons (Fsp3) is 0.765. The first-order chi connectivity index (χ1) is 23.6. The van der Waals surface area contributed by atoms with Gasteiger partial charge in [0, 0.05) is 32.2 Å². The first-order valence-corrected chi connectivity index (χ1v) is 17.5. The van der Waals surface area contributed by atoms with Gasteiger partial charge in [-0.1, -0.05) is 0 Å². The van der Waals surface area contributed by atoms with Crippen LogP contribution in [0.15, 0.2) is 12.7 Å². The molecule has 17 nitrogen and oxygen atoms in total. The Morgan fingerprint density at radius 3 is 2.29 bits per heavy atom. The Hall–Kier alpha value is -3.80. The van der Waals surface area contributed by atoms with Gasteiger partial charge in [-0.3, -0.25) is 4.57 Å². The number of anilines is 1. The molecule has 2 aromatic heterocycles. The Morgan fingerprint density at radius 1 is 0.980 bits per heavy atom. The quantitative estimate of drug-likeness (QED) is 0.194. The maximum absolute atomic E-state index is 13.3. The molecule has 17 heteroatoms. The summed E-state index contributed by atoms with van der Waals surface area (Å²) in [5.74, 6) is -0.456. The summed E-state index contributed by atoms with van der Waals surface area (Å²) < 4.78 is 24.5. The number of hydrogen-bond donors (Lipinski definition) is 4. The number of likely N-dealkylation sites (tertiary alicyclic amines) is 1. The third-order valence-corrected chi connectivity index (χ3v) is 8.34. The van der Waals surface area contributed by atoms with Crippen LogP contribution in [0.4, 0.5) is 15.4 Å². The average Bonchev–Trinajstić information content (AvgIpc) is 3.70. The van der Waals surface area contributed by atoms with Gasteiger partial charge in [0.25, 0.3) is 0 Å². The van der Waals surface area contributed by atoms with Crippen LogP contribution in [0.5, 0.6) is 0 Å². The van der Waals surface area contributed by atoms with Gasteiger partial charge in [0.1, 0.15) is 53.0 Å². The average molecular weight is 721 g/mol. The third kappa shape index (κ3) is 11.1. The molecule has 0 spiro atoms. The number of nitrogens with zero attached hydrogens (tertiary/aromatic N) is 6. The van der Waals surface area contributed by atoms with E-state index in [-0.39, 0.29) is 37.5 Å². The molecule has 2 aliphatic heterocycles. The van der Waals surface area contributed by atoms with Crippen molar-refractivity contribution in [2.24, 2.45) is 0 Å². The lowest BCUT2D eigenvalue weighted by molar-refractivity contribution is -0.157. The monoisotopic (exact) mass is 720 g/mol. The Balaban J connectivity index is 1.54. The molecule has 0 radical (unpaired) electrons. The second-order valence-corrected chi connectivity index (χ2v) is 16.2. The van der Waals surface area contributed by atoms with E-state index in [1.165, 1.54) is 17.2 Å². The molecule has 1 unspecified atom stereocenters. The summed E-state index contributed by atoms with van der Waals surface area (Å²) in [4.78, 5) is 55.3. The second-order valence-electron chi connectivity index (χ2n) is 16.2. The number of imidazole rings is 1. The molecular formula is C34H56N8O9. The number of nitrogens with two attached hydrogens (primary N) is 1. The SMILES string of the molecule is CC(C)(C)OC(=O)N[C@@H](CCN(CCC1CCCN1C(=O)OC(C)(C)C)C[C@H]1O[C@@H](n2cnc3c(N)ncnc32)[C@H](O)[C@@H]1O)C(=O)OC(C)(C)C. The van der Waals surface area contributed by atoms with Gasteiger partial charge < -0.3 is 50.0 Å². The van der Waals surface area contributed by atoms with Gasteiger partial charge in [-0.15, -0.1) is 0 Å². The molecule has 2 saturated heterocycles. The molecule has 4 rings (SSSR count). The number of amides is 2. The number of carbonyl (C=O) groups is 3. The minimum absolute atomic E-state index is 0.0981. The summed E-state index contributed by atoms with van der Waals surface area (Å²) in [5.41, 5.74) is 4.40. The molecule has 0 aromatic carbocycles. The van der Waals surface area contributed by atoms with Gasteiger partial charge in [0.15, 0.2) is 17.7 Å². The molecule has 0 saturated carbocycles. The number of hydrogen-bond acceptors (Lipinski definition) is 14. The van der Waals surface area contributed by atoms with Crippen molar-refractivity contribution >= 4 is 35.1 Å². The number of carbonyl (C=O) groups excluding carboxylic acids is 3. The predicted molar refractivity (Wildman–Crippen MR) is 186 cm³/mol. The van der Waals surface area contributed by atoms with Crippen LogP contribution >= 0.6 is 0 Å². The molecule has 5 N–H and O–H groups in total. The number of nitrogen functional groups attached to an aromatic ring is 1. The fourth-order valence-electron chi connectivity index (χ4n) is 6.13. The predicted octanol–water partition coefficient (Wildman–Crippen LogP) is 2.74. The number of ether oxygens (including phenoxy) is 4. The molecule has 2 aliphatic rings. The zero-order valence-electron chi connectivity index (χ0n) is 31.3. The van der Waals surface area contributed by atoms with Crippen molar-refractivity contribution in [3.05, 3.63) is 12.7 Å². The van der Waals surface area contributed by atoms with Crippen molar-refractivity contribution in [2.45, 2.75) is 141 Å². The molecule has 286 valence electrons. The molecule has 2 aromatic rings. The first-order valence-electron chi connectivity index (χ1n) is 17.5. The molecule has 6 atom stereocenters. The lowest BCUT2D eigenvalue weighted by Crippen LogP contribution is -2.49. The van der Waals surface area contributed by atoms with Crippen molar-refractivity contribution in [2.75, 3.05) is 31.9 Å². The van der Waals surface area contributed by atoms with Crippen LogP contribution in [0, 0.1) is 0 Å². The van der Waals surface area contributed by atoms with Gasteiger partial charge in [-0.2, -0.15) is 0 Å². The summed E-state index contributed by atoms with van der Waals surface area (Å²) in [6.07, 6.45) is -0.630. The van der Waals surface area contributed by atoms with Gasteiger partial charge in [0.05, 0.1) is 6.33 Å². The zero-order valence-corrected chi connectivity index (χ0v) is 31.3. The lowest BCUT2D eigenvalue weighted by Gasteiger charge is -2.32. The van der Waals surface area contributed by atoms with Crippen molar-refractivity contribution in [3.8, 4) is 0 Å². The van der Waals surface area contributed by atoms with E-state index in [0.717, 1.165) is 12.8 Å². The van der Waals surface area contributed by atoms with E-state index in [4.69, 9.17) is 24.7 Å². The third-order valence-electron chi connectivity index (χ3n) is 8.34. The summed E-state index contributed by atoms with van der Waals surface area (Å²) in [5, 5.41) is 25.0. The minimum Gasteiger partial charge on any atom is -0.458 e. The minimum atomic E-state index is -1.33. The fourth-order valence-corrected chi connectivity index (χ4v) is 6.13. The first kappa shape index (κ1) is 40.0. The van der Waals surface area contributed by atoms with Gasteiger partial charge >= 0.3 is 18.2 Å². The maximum atomic E-state index is 13.3. The summed E-state index contributed by atoms with van der Waals surface area (Å²) in [6.45, 7) is 17.3. The topological polar surface area (TPSA) is 217 Å². The molecule has 2 amide bonds. The normalized spacial score (nSPS) is 23.5. The molecule has 4 heterocycles. The van der Waals surface area contributed by atoms with E-state index in [1.807, 2.05) is 25.7 Å². The van der Waals surface area contributed by atoms with Crippen LogP contribution in [0.3, 0.4) is 0 Å². The Kier molecular flexibility index (Phi) is 12.4. The standard InChI is InChI=1S/C34H56N8O9/c1-32(2,3)49-29(45)21(39-30(46)50-33(4,5)6)13-16-40(15-12-20-11-10-14-41(20)31(47)51-34(7,8)9)17-22-24(43)25(44)28(48-22)42-19-38-23-26(35)36-18-37-27(23)42/h18-22,24-25,28,43-44H,10-17H2,1-9H3,(H,39,46)(H2,35,36,37)/t20?,21-,22+,24+,25+,28+/m0/s1. The largest absolute Gasteiger partial charge is 0.458 e. The van der Waals surface area contributed by atoms with Crippen LogP contribution in [0.25, 0.3) is 11.2 Å². The van der Waals surface area contributed by atoms with Crippen LogP contribution in [0.1, 0.15) is 94.2 Å². The number of rotatable bonds is 11. The molecule has 2 fully saturated rings. The number of nitrogens with one attached hydrogen (secondary N) is 1. The Bertz CT molecular complexity index is 1520. The zero-order chi connectivity index (χ0) is 37.9. The van der Waals surface area contributed by atoms with E-state index >= 15 is 0 Å². The molecule has 0 aliphatic carbocycles. The van der Waals surface area contributed by atoms with E-state index in [1.54, 1.807) is 46.4 Å². The molecular weight excluding hydrogens is 664 g/mol. The number of fused-ring (bicyclic) bond motifs is 1. The van der Waals surface area contributed by atoms with Crippen molar-refractivity contribution in [1.29, 1.82) is 0 Å². The van der Waals surface area contributed by atoms with Gasteiger partial charge in [-0.05, 0) is 88.0 Å². The van der Waals surface area contributed by atoms with Crippen LogP contribution in [-0.4, -0.2) is 131 Å². The smallest absolute Gasteiger partial charge is 0.410 e. The van der Waals surface area contributed by atoms with E-state index in [2.05, 4.69) is 20.3 Å². The van der Waals surface area contributed by atoms with Crippen molar-refractivity contribution in [3.63, 3.8) is 0 Å². The van der Waals surface area contributed by atoms with Gasteiger partial charge in [-0.25, -0.2) is 29.3 Å². The van der Waals surface area contributed by atoms with E-state index < -0.39 is 59.4 Å². The van der Waals surface area contributed by atoms with Gasteiger partial charge in [0.2, 0.25) is 0 Å². The van der Waals surface area contributed by atoms with Crippen LogP contribution in [-0.2, 0) is 23.7 Å². The number of aliphatic hydroxyl groups excluding tert-OH is 2. The number of aliphatic hydroxyl groups is 2. The Labute approximate surface area is 299 Å². The summed E-state index contributed by atoms with van der Waals surface area (Å²) in [6, 6.07) is -1.15. The highest BCUT2D eigenvalue weighted by atomic mass is 16.6. The number of esters is 1. The number of alkyl carbamates (subject to hydrolysis) is 1. The second kappa shape index (κ2) is 15.8. The van der Waals surface area contributed by atoms with Crippen molar-refractivity contribution < 1.29 is 43.5 Å². The highest BCUT2D eigenvalue weighted by Crippen LogP contribution is 2.33.